The molecule has 0 radical (unpaired) electrons. The Labute approximate surface area is 123 Å². The molecule has 3 rings (SSSR count). The largest absolute Gasteiger partial charge is 0.339 e. The Morgan fingerprint density at radius 2 is 2.20 bits per heavy atom. The number of rotatable bonds is 4. The fourth-order valence-electron chi connectivity index (χ4n) is 2.40. The van der Waals surface area contributed by atoms with Crippen molar-refractivity contribution in [3.8, 4) is 11.4 Å². The molecule has 1 fully saturated rings. The highest BCUT2D eigenvalue weighted by molar-refractivity contribution is 5.85. The molecule has 0 saturated carbocycles. The third-order valence-electron chi connectivity index (χ3n) is 3.51. The topological polar surface area (TPSA) is 51.0 Å². The summed E-state index contributed by atoms with van der Waals surface area (Å²) in [5.41, 5.74) is 0.389. The number of benzene rings is 1. The molecule has 1 aliphatic heterocycles. The van der Waals surface area contributed by atoms with Crippen molar-refractivity contribution >= 4 is 12.4 Å². The maximum atomic E-state index is 13.6. The lowest BCUT2D eigenvalue weighted by molar-refractivity contribution is 0.365. The number of nitrogens with zero attached hydrogens (tertiary/aromatic N) is 2. The van der Waals surface area contributed by atoms with Crippen LogP contribution >= 0.6 is 12.4 Å². The Hall–Kier alpha value is -1.46. The number of aryl methyl sites for hydroxylation is 1. The van der Waals surface area contributed by atoms with Gasteiger partial charge in [0.25, 0.3) is 0 Å². The van der Waals surface area contributed by atoms with Crippen LogP contribution in [0.5, 0.6) is 0 Å². The Morgan fingerprint density at radius 3 is 2.95 bits per heavy atom. The summed E-state index contributed by atoms with van der Waals surface area (Å²) >= 11 is 0. The summed E-state index contributed by atoms with van der Waals surface area (Å²) in [6.07, 6.45) is 2.99. The number of nitrogens with one attached hydrogen (secondary N) is 1. The summed E-state index contributed by atoms with van der Waals surface area (Å²) in [6.45, 7) is 2.16. The van der Waals surface area contributed by atoms with Crippen LogP contribution in [0.4, 0.5) is 4.39 Å². The first kappa shape index (κ1) is 14.9. The maximum Gasteiger partial charge on any atom is 0.226 e. The molecule has 6 heteroatoms. The molecule has 1 aliphatic rings. The molecule has 4 nitrogen and oxygen atoms in total. The summed E-state index contributed by atoms with van der Waals surface area (Å²) in [6, 6.07) is 6.46. The van der Waals surface area contributed by atoms with Crippen LogP contribution in [0.1, 0.15) is 18.7 Å². The normalized spacial score (nSPS) is 17.9. The van der Waals surface area contributed by atoms with Crippen LogP contribution in [0.3, 0.4) is 0 Å². The van der Waals surface area contributed by atoms with E-state index in [1.54, 1.807) is 18.2 Å². The average molecular weight is 298 g/mol. The van der Waals surface area contributed by atoms with Crippen molar-refractivity contribution < 1.29 is 8.91 Å². The van der Waals surface area contributed by atoms with Gasteiger partial charge in [-0.2, -0.15) is 4.98 Å². The minimum atomic E-state index is -0.324. The van der Waals surface area contributed by atoms with Crippen LogP contribution in [-0.4, -0.2) is 23.2 Å². The number of hydrogen-bond acceptors (Lipinski definition) is 4. The molecule has 1 aromatic carbocycles. The molecule has 1 unspecified atom stereocenters. The molecule has 1 N–H and O–H groups in total. The molecular formula is C14H17ClFN3O. The van der Waals surface area contributed by atoms with Gasteiger partial charge in [0.1, 0.15) is 5.82 Å². The van der Waals surface area contributed by atoms with E-state index in [0.29, 0.717) is 23.2 Å². The highest BCUT2D eigenvalue weighted by Crippen LogP contribution is 2.21. The van der Waals surface area contributed by atoms with E-state index in [9.17, 15) is 4.39 Å². The second-order valence-corrected chi connectivity index (χ2v) is 4.89. The molecule has 2 aromatic rings. The number of aromatic nitrogens is 2. The van der Waals surface area contributed by atoms with Crippen molar-refractivity contribution in [2.75, 3.05) is 13.1 Å². The van der Waals surface area contributed by atoms with Gasteiger partial charge in [-0.25, -0.2) is 4.39 Å². The molecule has 0 amide bonds. The van der Waals surface area contributed by atoms with Gasteiger partial charge in [0.15, 0.2) is 0 Å². The SMILES string of the molecule is Cl.Fc1ccccc1-c1noc(CCC2CCNC2)n1. The number of hydrogen-bond donors (Lipinski definition) is 1. The van der Waals surface area contributed by atoms with E-state index in [2.05, 4.69) is 15.5 Å². The molecule has 1 atom stereocenters. The van der Waals surface area contributed by atoms with Crippen LogP contribution < -0.4 is 5.32 Å². The Morgan fingerprint density at radius 1 is 1.35 bits per heavy atom. The Balaban J connectivity index is 0.00000147. The lowest BCUT2D eigenvalue weighted by Crippen LogP contribution is -2.09. The Bertz CT molecular complexity index is 555. The van der Waals surface area contributed by atoms with E-state index in [1.807, 2.05) is 0 Å². The van der Waals surface area contributed by atoms with Gasteiger partial charge < -0.3 is 9.84 Å². The van der Waals surface area contributed by atoms with Crippen LogP contribution in [0.2, 0.25) is 0 Å². The molecule has 1 aromatic heterocycles. The second-order valence-electron chi connectivity index (χ2n) is 4.89. The Kier molecular flexibility index (Phi) is 5.09. The zero-order valence-corrected chi connectivity index (χ0v) is 11.8. The summed E-state index contributed by atoms with van der Waals surface area (Å²) in [5, 5.41) is 7.18. The molecule has 0 spiro atoms. The van der Waals surface area contributed by atoms with Gasteiger partial charge in [0.2, 0.25) is 11.7 Å². The smallest absolute Gasteiger partial charge is 0.226 e. The third-order valence-corrected chi connectivity index (χ3v) is 3.51. The minimum Gasteiger partial charge on any atom is -0.339 e. The van der Waals surface area contributed by atoms with Gasteiger partial charge in [-0.1, -0.05) is 17.3 Å². The molecule has 0 bridgehead atoms. The van der Waals surface area contributed by atoms with E-state index in [1.165, 1.54) is 12.5 Å². The zero-order chi connectivity index (χ0) is 13.1. The molecule has 0 aliphatic carbocycles. The highest BCUT2D eigenvalue weighted by atomic mass is 35.5. The standard InChI is InChI=1S/C14H16FN3O.ClH/c15-12-4-2-1-3-11(12)14-17-13(19-18-14)6-5-10-7-8-16-9-10;/h1-4,10,16H,5-9H2;1H. The fourth-order valence-corrected chi connectivity index (χ4v) is 2.40. The third kappa shape index (κ3) is 3.35. The summed E-state index contributed by atoms with van der Waals surface area (Å²) in [4.78, 5) is 4.26. The lowest BCUT2D eigenvalue weighted by atomic mass is 10.0. The first-order valence-electron chi connectivity index (χ1n) is 6.61. The predicted molar refractivity (Wildman–Crippen MR) is 76.2 cm³/mol. The van der Waals surface area contributed by atoms with Crippen LogP contribution in [0.25, 0.3) is 11.4 Å². The molecule has 20 heavy (non-hydrogen) atoms. The van der Waals surface area contributed by atoms with Crippen LogP contribution in [0, 0.1) is 11.7 Å². The highest BCUT2D eigenvalue weighted by Gasteiger charge is 2.17. The lowest BCUT2D eigenvalue weighted by Gasteiger charge is -2.03. The predicted octanol–water partition coefficient (Wildman–Crippen LogP) is 2.84. The summed E-state index contributed by atoms with van der Waals surface area (Å²) < 4.78 is 18.8. The van der Waals surface area contributed by atoms with Gasteiger partial charge in [-0.3, -0.25) is 0 Å². The fraction of sp³-hybridized carbons (Fsp3) is 0.429. The van der Waals surface area contributed by atoms with E-state index in [4.69, 9.17) is 4.52 Å². The maximum absolute atomic E-state index is 13.6. The monoisotopic (exact) mass is 297 g/mol. The van der Waals surface area contributed by atoms with Crippen molar-refractivity contribution in [3.63, 3.8) is 0 Å². The zero-order valence-electron chi connectivity index (χ0n) is 11.0. The van der Waals surface area contributed by atoms with Gasteiger partial charge >= 0.3 is 0 Å². The molecular weight excluding hydrogens is 281 g/mol. The van der Waals surface area contributed by atoms with Crippen molar-refractivity contribution in [3.05, 3.63) is 36.0 Å². The van der Waals surface area contributed by atoms with E-state index >= 15 is 0 Å². The summed E-state index contributed by atoms with van der Waals surface area (Å²) in [5.74, 6) is 1.28. The van der Waals surface area contributed by atoms with Crippen LogP contribution in [-0.2, 0) is 6.42 Å². The van der Waals surface area contributed by atoms with Crippen molar-refractivity contribution in [2.24, 2.45) is 5.92 Å². The van der Waals surface area contributed by atoms with Crippen molar-refractivity contribution in [1.29, 1.82) is 0 Å². The number of halogens is 2. The van der Waals surface area contributed by atoms with Crippen molar-refractivity contribution in [2.45, 2.75) is 19.3 Å². The van der Waals surface area contributed by atoms with E-state index < -0.39 is 0 Å². The van der Waals surface area contributed by atoms with Gasteiger partial charge in [0, 0.05) is 6.42 Å². The van der Waals surface area contributed by atoms with Crippen molar-refractivity contribution in [1.82, 2.24) is 15.5 Å². The van der Waals surface area contributed by atoms with Crippen LogP contribution in [0.15, 0.2) is 28.8 Å². The molecule has 108 valence electrons. The molecule has 2 heterocycles. The first-order chi connectivity index (χ1) is 9.33. The first-order valence-corrected chi connectivity index (χ1v) is 6.61. The molecule has 1 saturated heterocycles. The van der Waals surface area contributed by atoms with E-state index in [-0.39, 0.29) is 18.2 Å². The van der Waals surface area contributed by atoms with E-state index in [0.717, 1.165) is 25.9 Å². The minimum absolute atomic E-state index is 0. The average Bonchev–Trinajstić information content (AvgIpc) is 3.08. The van der Waals surface area contributed by atoms with Gasteiger partial charge in [-0.15, -0.1) is 12.4 Å². The summed E-state index contributed by atoms with van der Waals surface area (Å²) in [7, 11) is 0. The quantitative estimate of drug-likeness (QED) is 0.943. The van der Waals surface area contributed by atoms with Gasteiger partial charge in [0.05, 0.1) is 5.56 Å². The van der Waals surface area contributed by atoms with Gasteiger partial charge in [-0.05, 0) is 44.0 Å². The second kappa shape index (κ2) is 6.81.